The highest BCUT2D eigenvalue weighted by Crippen LogP contribution is 2.17. The van der Waals surface area contributed by atoms with Gasteiger partial charge in [0.2, 0.25) is 0 Å². The molecular formula is C19H20N4O3. The Morgan fingerprint density at radius 1 is 1.23 bits per heavy atom. The Bertz CT molecular complexity index is 839. The Labute approximate surface area is 151 Å². The summed E-state index contributed by atoms with van der Waals surface area (Å²) in [4.78, 5) is 14.7. The lowest BCUT2D eigenvalue weighted by Crippen LogP contribution is -2.37. The second-order valence-corrected chi connectivity index (χ2v) is 6.28. The molecule has 134 valence electrons. The van der Waals surface area contributed by atoms with Crippen LogP contribution in [0.3, 0.4) is 0 Å². The number of rotatable bonds is 6. The highest BCUT2D eigenvalue weighted by atomic mass is 16.5. The molecule has 0 saturated carbocycles. The van der Waals surface area contributed by atoms with Gasteiger partial charge in [-0.1, -0.05) is 23.4 Å². The number of nitrogens with zero attached hydrogens (tertiary/aromatic N) is 4. The molecule has 3 aromatic rings. The van der Waals surface area contributed by atoms with E-state index in [0.29, 0.717) is 18.8 Å². The zero-order valence-electron chi connectivity index (χ0n) is 14.3. The molecule has 1 aliphatic heterocycles. The molecule has 1 amide bonds. The van der Waals surface area contributed by atoms with Crippen molar-refractivity contribution < 1.29 is 13.9 Å². The van der Waals surface area contributed by atoms with Crippen LogP contribution in [-0.2, 0) is 11.3 Å². The molecule has 1 aromatic carbocycles. The first-order chi connectivity index (χ1) is 12.8. The Morgan fingerprint density at radius 2 is 2.12 bits per heavy atom. The van der Waals surface area contributed by atoms with Gasteiger partial charge < -0.3 is 14.1 Å². The van der Waals surface area contributed by atoms with Crippen LogP contribution in [0.4, 0.5) is 0 Å². The molecule has 0 bridgehead atoms. The van der Waals surface area contributed by atoms with Crippen molar-refractivity contribution in [3.05, 3.63) is 66.4 Å². The number of amides is 1. The first-order valence-corrected chi connectivity index (χ1v) is 8.70. The molecule has 26 heavy (non-hydrogen) atoms. The molecular weight excluding hydrogens is 332 g/mol. The van der Waals surface area contributed by atoms with E-state index in [-0.39, 0.29) is 12.0 Å². The van der Waals surface area contributed by atoms with Crippen LogP contribution in [0.1, 0.15) is 29.1 Å². The summed E-state index contributed by atoms with van der Waals surface area (Å²) in [7, 11) is 0. The molecule has 3 heterocycles. The van der Waals surface area contributed by atoms with Crippen molar-refractivity contribution in [3.8, 4) is 5.69 Å². The highest BCUT2D eigenvalue weighted by Gasteiger charge is 2.26. The van der Waals surface area contributed by atoms with Gasteiger partial charge in [-0.25, -0.2) is 4.68 Å². The molecule has 0 spiro atoms. The summed E-state index contributed by atoms with van der Waals surface area (Å²) in [6, 6.07) is 13.3. The lowest BCUT2D eigenvalue weighted by atomic mass is 10.2. The average molecular weight is 352 g/mol. The predicted molar refractivity (Wildman–Crippen MR) is 93.8 cm³/mol. The number of furan rings is 1. The van der Waals surface area contributed by atoms with Gasteiger partial charge in [0.15, 0.2) is 5.69 Å². The molecule has 1 saturated heterocycles. The molecule has 1 fully saturated rings. The number of carbonyl (C=O) groups is 1. The van der Waals surface area contributed by atoms with Gasteiger partial charge in [0.25, 0.3) is 5.91 Å². The van der Waals surface area contributed by atoms with E-state index >= 15 is 0 Å². The molecule has 0 radical (unpaired) electrons. The third kappa shape index (κ3) is 3.67. The maximum Gasteiger partial charge on any atom is 0.276 e. The monoisotopic (exact) mass is 352 g/mol. The Morgan fingerprint density at radius 3 is 2.85 bits per heavy atom. The molecule has 4 rings (SSSR count). The van der Waals surface area contributed by atoms with E-state index < -0.39 is 0 Å². The number of benzene rings is 1. The summed E-state index contributed by atoms with van der Waals surface area (Å²) in [6.45, 7) is 1.64. The fourth-order valence-electron chi connectivity index (χ4n) is 3.07. The van der Waals surface area contributed by atoms with E-state index in [0.717, 1.165) is 30.9 Å². The Kier molecular flexibility index (Phi) is 4.79. The van der Waals surface area contributed by atoms with Gasteiger partial charge in [0.05, 0.1) is 30.8 Å². The van der Waals surface area contributed by atoms with Crippen LogP contribution in [0.25, 0.3) is 5.69 Å². The van der Waals surface area contributed by atoms with Crippen LogP contribution in [0, 0.1) is 0 Å². The van der Waals surface area contributed by atoms with Gasteiger partial charge in [-0.05, 0) is 37.1 Å². The zero-order chi connectivity index (χ0) is 17.8. The topological polar surface area (TPSA) is 73.4 Å². The maximum atomic E-state index is 13.0. The molecule has 2 aromatic heterocycles. The van der Waals surface area contributed by atoms with Crippen LogP contribution in [0.15, 0.2) is 59.3 Å². The van der Waals surface area contributed by atoms with Gasteiger partial charge in [0, 0.05) is 13.2 Å². The van der Waals surface area contributed by atoms with Crippen molar-refractivity contribution >= 4 is 5.91 Å². The molecule has 1 aliphatic rings. The summed E-state index contributed by atoms with van der Waals surface area (Å²) in [5, 5.41) is 8.15. The third-order valence-corrected chi connectivity index (χ3v) is 4.40. The number of ether oxygens (including phenoxy) is 1. The summed E-state index contributed by atoms with van der Waals surface area (Å²) in [5.41, 5.74) is 1.16. The van der Waals surface area contributed by atoms with Crippen molar-refractivity contribution in [1.29, 1.82) is 0 Å². The first-order valence-electron chi connectivity index (χ1n) is 8.70. The van der Waals surface area contributed by atoms with Gasteiger partial charge in [-0.15, -0.1) is 5.10 Å². The molecule has 7 nitrogen and oxygen atoms in total. The number of aromatic nitrogens is 3. The van der Waals surface area contributed by atoms with Crippen LogP contribution in [0.2, 0.25) is 0 Å². The van der Waals surface area contributed by atoms with Crippen molar-refractivity contribution in [3.63, 3.8) is 0 Å². The molecule has 1 unspecified atom stereocenters. The zero-order valence-corrected chi connectivity index (χ0v) is 14.3. The first kappa shape index (κ1) is 16.5. The number of hydrogen-bond donors (Lipinski definition) is 0. The normalized spacial score (nSPS) is 16.7. The second-order valence-electron chi connectivity index (χ2n) is 6.28. The van der Waals surface area contributed by atoms with E-state index in [4.69, 9.17) is 9.15 Å². The molecule has 7 heteroatoms. The van der Waals surface area contributed by atoms with E-state index in [1.165, 1.54) is 0 Å². The summed E-state index contributed by atoms with van der Waals surface area (Å²) >= 11 is 0. The van der Waals surface area contributed by atoms with Gasteiger partial charge in [0.1, 0.15) is 5.76 Å². The Hall–Kier alpha value is -2.93. The van der Waals surface area contributed by atoms with Crippen molar-refractivity contribution in [2.75, 3.05) is 13.2 Å². The minimum atomic E-state index is -0.181. The van der Waals surface area contributed by atoms with Crippen LogP contribution in [-0.4, -0.2) is 45.1 Å². The smallest absolute Gasteiger partial charge is 0.276 e. The lowest BCUT2D eigenvalue weighted by Gasteiger charge is -2.23. The second kappa shape index (κ2) is 7.53. The summed E-state index contributed by atoms with van der Waals surface area (Å²) in [6.07, 6.45) is 5.30. The summed E-state index contributed by atoms with van der Waals surface area (Å²) in [5.74, 6) is 0.547. The van der Waals surface area contributed by atoms with Crippen molar-refractivity contribution in [1.82, 2.24) is 19.9 Å². The number of para-hydroxylation sites is 1. The van der Waals surface area contributed by atoms with E-state index in [1.54, 1.807) is 22.0 Å². The molecule has 1 atom stereocenters. The van der Waals surface area contributed by atoms with Gasteiger partial charge in [-0.3, -0.25) is 4.79 Å². The fourth-order valence-corrected chi connectivity index (χ4v) is 3.07. The standard InChI is InChI=1S/C19H20N4O3/c24-19(18-14-23(21-20-18)15-6-2-1-3-7-15)22(12-16-8-4-10-25-16)13-17-9-5-11-26-17/h1-4,6-8,10,14,17H,5,9,11-13H2. The SMILES string of the molecule is O=C(c1cn(-c2ccccc2)nn1)N(Cc1ccco1)CC1CCCO1. The number of hydrogen-bond acceptors (Lipinski definition) is 5. The summed E-state index contributed by atoms with van der Waals surface area (Å²) < 4.78 is 12.7. The minimum Gasteiger partial charge on any atom is -0.467 e. The lowest BCUT2D eigenvalue weighted by molar-refractivity contribution is 0.0487. The minimum absolute atomic E-state index is 0.0538. The number of carbonyl (C=O) groups excluding carboxylic acids is 1. The van der Waals surface area contributed by atoms with E-state index in [2.05, 4.69) is 10.3 Å². The fraction of sp³-hybridized carbons (Fsp3) is 0.316. The van der Waals surface area contributed by atoms with Gasteiger partial charge in [-0.2, -0.15) is 0 Å². The quantitative estimate of drug-likeness (QED) is 0.682. The predicted octanol–water partition coefficient (Wildman–Crippen LogP) is 2.68. The van der Waals surface area contributed by atoms with Crippen molar-refractivity contribution in [2.45, 2.75) is 25.5 Å². The average Bonchev–Trinajstić information content (AvgIpc) is 3.44. The third-order valence-electron chi connectivity index (χ3n) is 4.40. The highest BCUT2D eigenvalue weighted by molar-refractivity contribution is 5.92. The molecule has 0 N–H and O–H groups in total. The largest absolute Gasteiger partial charge is 0.467 e. The molecule has 0 aliphatic carbocycles. The van der Waals surface area contributed by atoms with Crippen molar-refractivity contribution in [2.24, 2.45) is 0 Å². The Balaban J connectivity index is 1.54. The van der Waals surface area contributed by atoms with Gasteiger partial charge >= 0.3 is 0 Å². The van der Waals surface area contributed by atoms with E-state index in [1.807, 2.05) is 42.5 Å². The van der Waals surface area contributed by atoms with Crippen LogP contribution >= 0.6 is 0 Å². The van der Waals surface area contributed by atoms with Crippen LogP contribution in [0.5, 0.6) is 0 Å². The maximum absolute atomic E-state index is 13.0. The van der Waals surface area contributed by atoms with E-state index in [9.17, 15) is 4.79 Å². The van der Waals surface area contributed by atoms with Crippen LogP contribution < -0.4 is 0 Å².